The average Bonchev–Trinajstić information content (AvgIpc) is 3.05. The van der Waals surface area contributed by atoms with E-state index in [1.54, 1.807) is 0 Å². The van der Waals surface area contributed by atoms with Crippen molar-refractivity contribution < 1.29 is 0 Å². The number of hydrogen-bond donors (Lipinski definition) is 1. The van der Waals surface area contributed by atoms with E-state index < -0.39 is 0 Å². The molecule has 2 aromatic rings. The van der Waals surface area contributed by atoms with Gasteiger partial charge in [0.1, 0.15) is 0 Å². The zero-order valence-electron chi connectivity index (χ0n) is 12.5. The van der Waals surface area contributed by atoms with E-state index in [-0.39, 0.29) is 0 Å². The molecule has 0 bridgehead atoms. The minimum Gasteiger partial charge on any atom is -0.311 e. The molecule has 1 aliphatic rings. The Morgan fingerprint density at radius 3 is 3.00 bits per heavy atom. The Labute approximate surface area is 120 Å². The molecule has 0 spiro atoms. The number of hydrogen-bond acceptors (Lipinski definition) is 3. The molecule has 0 aliphatic carbocycles. The molecule has 4 heteroatoms. The minimum atomic E-state index is 0.796. The molecule has 4 nitrogen and oxygen atoms in total. The molecule has 1 saturated heterocycles. The topological polar surface area (TPSA) is 33.1 Å². The van der Waals surface area contributed by atoms with Crippen molar-refractivity contribution in [2.45, 2.75) is 19.9 Å². The Balaban J connectivity index is 1.58. The van der Waals surface area contributed by atoms with E-state index in [4.69, 9.17) is 0 Å². The fourth-order valence-corrected chi connectivity index (χ4v) is 3.18. The number of benzene rings is 1. The first kappa shape index (κ1) is 13.6. The lowest BCUT2D eigenvalue weighted by molar-refractivity contribution is 0.338. The predicted molar refractivity (Wildman–Crippen MR) is 82.6 cm³/mol. The van der Waals surface area contributed by atoms with Crippen molar-refractivity contribution in [1.29, 1.82) is 0 Å². The van der Waals surface area contributed by atoms with Crippen LogP contribution in [0.4, 0.5) is 0 Å². The average molecular weight is 272 g/mol. The number of para-hydroxylation sites is 1. The van der Waals surface area contributed by atoms with Gasteiger partial charge in [0.25, 0.3) is 0 Å². The maximum atomic E-state index is 4.63. The summed E-state index contributed by atoms with van der Waals surface area (Å²) in [7, 11) is 2.02. The molecule has 0 amide bonds. The van der Waals surface area contributed by atoms with Gasteiger partial charge in [-0.25, -0.2) is 0 Å². The molecule has 1 aromatic heterocycles. The molecule has 1 unspecified atom stereocenters. The Kier molecular flexibility index (Phi) is 4.03. The van der Waals surface area contributed by atoms with Gasteiger partial charge in [0.2, 0.25) is 0 Å². The van der Waals surface area contributed by atoms with Crippen LogP contribution in [0.2, 0.25) is 0 Å². The fourth-order valence-electron chi connectivity index (χ4n) is 3.18. The van der Waals surface area contributed by atoms with Crippen molar-refractivity contribution in [3.63, 3.8) is 0 Å². The number of likely N-dealkylation sites (tertiary alicyclic amines) is 1. The third kappa shape index (κ3) is 2.72. The van der Waals surface area contributed by atoms with Gasteiger partial charge >= 0.3 is 0 Å². The number of nitrogens with one attached hydrogen (secondary N) is 1. The molecule has 1 atom stereocenters. The van der Waals surface area contributed by atoms with Crippen molar-refractivity contribution in [1.82, 2.24) is 20.0 Å². The Morgan fingerprint density at radius 2 is 2.20 bits per heavy atom. The number of aryl methyl sites for hydroxylation is 1. The third-order valence-corrected chi connectivity index (χ3v) is 4.38. The first-order valence-corrected chi connectivity index (χ1v) is 7.61. The summed E-state index contributed by atoms with van der Waals surface area (Å²) in [6.07, 6.45) is 1.32. The van der Waals surface area contributed by atoms with E-state index in [1.807, 2.05) is 11.7 Å². The predicted octanol–water partition coefficient (Wildman–Crippen LogP) is 2.00. The molecule has 20 heavy (non-hydrogen) atoms. The van der Waals surface area contributed by atoms with Crippen LogP contribution in [-0.2, 0) is 13.6 Å². The molecule has 108 valence electrons. The number of rotatable bonds is 5. The molecule has 1 aromatic carbocycles. The summed E-state index contributed by atoms with van der Waals surface area (Å²) in [6.45, 7) is 7.89. The van der Waals surface area contributed by atoms with Crippen molar-refractivity contribution in [2.75, 3.05) is 26.2 Å². The highest BCUT2D eigenvalue weighted by molar-refractivity contribution is 5.81. The molecule has 1 fully saturated rings. The maximum absolute atomic E-state index is 4.63. The number of fused-ring (bicyclic) bond motifs is 1. The molecule has 1 N–H and O–H groups in total. The van der Waals surface area contributed by atoms with Crippen molar-refractivity contribution in [2.24, 2.45) is 13.0 Å². The van der Waals surface area contributed by atoms with Crippen LogP contribution < -0.4 is 5.32 Å². The summed E-state index contributed by atoms with van der Waals surface area (Å²) in [6, 6.07) is 8.44. The van der Waals surface area contributed by atoms with Gasteiger partial charge in [0.05, 0.1) is 11.2 Å². The largest absolute Gasteiger partial charge is 0.311 e. The molecule has 2 heterocycles. The summed E-state index contributed by atoms with van der Waals surface area (Å²) in [5.74, 6) is 0.796. The number of nitrogens with zero attached hydrogens (tertiary/aromatic N) is 3. The zero-order valence-corrected chi connectivity index (χ0v) is 12.5. The lowest BCUT2D eigenvalue weighted by Gasteiger charge is -2.13. The van der Waals surface area contributed by atoms with Gasteiger partial charge in [-0.1, -0.05) is 25.1 Å². The minimum absolute atomic E-state index is 0.796. The van der Waals surface area contributed by atoms with Crippen LogP contribution in [0.25, 0.3) is 10.9 Å². The molecule has 0 radical (unpaired) electrons. The first-order valence-electron chi connectivity index (χ1n) is 7.61. The van der Waals surface area contributed by atoms with Crippen LogP contribution in [0.15, 0.2) is 24.3 Å². The summed E-state index contributed by atoms with van der Waals surface area (Å²) in [4.78, 5) is 2.53. The fraction of sp³-hybridized carbons (Fsp3) is 0.562. The molecule has 0 saturated carbocycles. The van der Waals surface area contributed by atoms with Gasteiger partial charge in [-0.05, 0) is 38.0 Å². The second kappa shape index (κ2) is 5.94. The molecular weight excluding hydrogens is 248 g/mol. The lowest BCUT2D eigenvalue weighted by Crippen LogP contribution is -2.26. The van der Waals surface area contributed by atoms with E-state index in [0.29, 0.717) is 0 Å². The third-order valence-electron chi connectivity index (χ3n) is 4.38. The lowest BCUT2D eigenvalue weighted by atomic mass is 10.1. The SMILES string of the molecule is CCN1CCC(CNCc2nn(C)c3ccccc23)C1. The number of aromatic nitrogens is 2. The highest BCUT2D eigenvalue weighted by Crippen LogP contribution is 2.18. The van der Waals surface area contributed by atoms with E-state index in [0.717, 1.165) is 24.7 Å². The van der Waals surface area contributed by atoms with Gasteiger partial charge in [-0.2, -0.15) is 5.10 Å². The van der Waals surface area contributed by atoms with Crippen LogP contribution in [0.1, 0.15) is 19.0 Å². The van der Waals surface area contributed by atoms with Gasteiger partial charge < -0.3 is 10.2 Å². The van der Waals surface area contributed by atoms with Gasteiger partial charge in [0.15, 0.2) is 0 Å². The Hall–Kier alpha value is -1.39. The molecule has 1 aliphatic heterocycles. The van der Waals surface area contributed by atoms with E-state index in [1.165, 1.54) is 37.0 Å². The second-order valence-corrected chi connectivity index (χ2v) is 5.77. The monoisotopic (exact) mass is 272 g/mol. The van der Waals surface area contributed by atoms with E-state index >= 15 is 0 Å². The van der Waals surface area contributed by atoms with Gasteiger partial charge in [-0.3, -0.25) is 4.68 Å². The van der Waals surface area contributed by atoms with Gasteiger partial charge in [0, 0.05) is 25.5 Å². The first-order chi connectivity index (χ1) is 9.78. The summed E-state index contributed by atoms with van der Waals surface area (Å²) >= 11 is 0. The maximum Gasteiger partial charge on any atom is 0.0841 e. The van der Waals surface area contributed by atoms with E-state index in [2.05, 4.69) is 46.5 Å². The van der Waals surface area contributed by atoms with Crippen molar-refractivity contribution in [3.8, 4) is 0 Å². The van der Waals surface area contributed by atoms with E-state index in [9.17, 15) is 0 Å². The van der Waals surface area contributed by atoms with Crippen molar-refractivity contribution >= 4 is 10.9 Å². The highest BCUT2D eigenvalue weighted by Gasteiger charge is 2.20. The highest BCUT2D eigenvalue weighted by atomic mass is 15.3. The van der Waals surface area contributed by atoms with Crippen LogP contribution in [0, 0.1) is 5.92 Å². The van der Waals surface area contributed by atoms with Crippen molar-refractivity contribution in [3.05, 3.63) is 30.0 Å². The molecule has 3 rings (SSSR count). The smallest absolute Gasteiger partial charge is 0.0841 e. The van der Waals surface area contributed by atoms with Crippen LogP contribution in [0.5, 0.6) is 0 Å². The molecular formula is C16H24N4. The summed E-state index contributed by atoms with van der Waals surface area (Å²) in [5, 5.41) is 9.49. The van der Waals surface area contributed by atoms with Gasteiger partial charge in [-0.15, -0.1) is 0 Å². The second-order valence-electron chi connectivity index (χ2n) is 5.77. The van der Waals surface area contributed by atoms with Crippen LogP contribution in [0.3, 0.4) is 0 Å². The Bertz CT molecular complexity index is 575. The zero-order chi connectivity index (χ0) is 13.9. The van der Waals surface area contributed by atoms with Crippen LogP contribution >= 0.6 is 0 Å². The van der Waals surface area contributed by atoms with Crippen LogP contribution in [-0.4, -0.2) is 40.9 Å². The summed E-state index contributed by atoms with van der Waals surface area (Å²) < 4.78 is 1.97. The Morgan fingerprint density at radius 1 is 1.35 bits per heavy atom. The normalized spacial score (nSPS) is 20.0. The quantitative estimate of drug-likeness (QED) is 0.904. The standard InChI is InChI=1S/C16H24N4/c1-3-20-9-8-13(12-20)10-17-11-15-14-6-4-5-7-16(14)19(2)18-15/h4-7,13,17H,3,8-12H2,1-2H3. The summed E-state index contributed by atoms with van der Waals surface area (Å²) in [5.41, 5.74) is 2.37.